The van der Waals surface area contributed by atoms with Gasteiger partial charge in [0.15, 0.2) is 0 Å². The highest BCUT2D eigenvalue weighted by Gasteiger charge is 2.32. The van der Waals surface area contributed by atoms with Crippen LogP contribution in [0.2, 0.25) is 0 Å². The van der Waals surface area contributed by atoms with E-state index in [1.54, 1.807) is 36.2 Å². The first kappa shape index (κ1) is 23.6. The van der Waals surface area contributed by atoms with Gasteiger partial charge in [-0.25, -0.2) is 9.37 Å². The lowest BCUT2D eigenvalue weighted by Crippen LogP contribution is -2.42. The molecule has 4 rings (SSSR count). The van der Waals surface area contributed by atoms with Gasteiger partial charge >= 0.3 is 5.97 Å². The minimum absolute atomic E-state index is 0.0446. The molecule has 0 saturated carbocycles. The normalized spacial score (nSPS) is 15.3. The number of carbonyl (C=O) groups is 2. The molecule has 0 aliphatic carbocycles. The van der Waals surface area contributed by atoms with E-state index >= 15 is 0 Å². The van der Waals surface area contributed by atoms with Gasteiger partial charge < -0.3 is 9.64 Å². The predicted octanol–water partition coefficient (Wildman–Crippen LogP) is 3.73. The Bertz CT molecular complexity index is 1250. The van der Waals surface area contributed by atoms with Crippen molar-refractivity contribution in [1.29, 1.82) is 0 Å². The molecule has 3 heterocycles. The van der Waals surface area contributed by atoms with Crippen molar-refractivity contribution in [2.45, 2.75) is 39.0 Å². The second-order valence-electron chi connectivity index (χ2n) is 8.71. The van der Waals surface area contributed by atoms with Crippen LogP contribution in [0, 0.1) is 18.7 Å². The molecular weight excluding hydrogens is 437 g/mol. The summed E-state index contributed by atoms with van der Waals surface area (Å²) in [5.74, 6) is -0.966. The molecule has 1 atom stereocenters. The number of benzene rings is 1. The number of aromatic nitrogens is 2. The molecule has 0 bridgehead atoms. The molecule has 2 aromatic heterocycles. The Hall–Kier alpha value is -3.55. The summed E-state index contributed by atoms with van der Waals surface area (Å²) in [6.07, 6.45) is 4.55. The van der Waals surface area contributed by atoms with Crippen molar-refractivity contribution in [3.8, 4) is 0 Å². The molecule has 0 N–H and O–H groups in total. The molecule has 0 spiro atoms. The number of piperidine rings is 1. The third-order valence-corrected chi connectivity index (χ3v) is 6.47. The van der Waals surface area contributed by atoms with Gasteiger partial charge in [-0.3, -0.25) is 18.8 Å². The average Bonchev–Trinajstić information content (AvgIpc) is 2.84. The van der Waals surface area contributed by atoms with E-state index in [-0.39, 0.29) is 47.1 Å². The summed E-state index contributed by atoms with van der Waals surface area (Å²) in [6.45, 7) is 4.86. The van der Waals surface area contributed by atoms with Gasteiger partial charge in [-0.15, -0.1) is 0 Å². The molecule has 1 amide bonds. The highest BCUT2D eigenvalue weighted by molar-refractivity contribution is 5.93. The third-order valence-electron chi connectivity index (χ3n) is 6.47. The van der Waals surface area contributed by atoms with Crippen molar-refractivity contribution in [3.05, 3.63) is 81.7 Å². The summed E-state index contributed by atoms with van der Waals surface area (Å²) in [6, 6.07) is 9.82. The van der Waals surface area contributed by atoms with Gasteiger partial charge in [-0.2, -0.15) is 0 Å². The second kappa shape index (κ2) is 10.2. The van der Waals surface area contributed by atoms with Gasteiger partial charge in [0, 0.05) is 25.5 Å². The maximum absolute atomic E-state index is 13.5. The number of aryl methyl sites for hydroxylation is 1. The maximum Gasteiger partial charge on any atom is 0.306 e. The number of fused-ring (bicyclic) bond motifs is 1. The highest BCUT2D eigenvalue weighted by atomic mass is 19.1. The van der Waals surface area contributed by atoms with Crippen molar-refractivity contribution in [1.82, 2.24) is 14.3 Å². The fraction of sp³-hybridized carbons (Fsp3) is 0.385. The molecule has 1 fully saturated rings. The Labute approximate surface area is 197 Å². The van der Waals surface area contributed by atoms with Crippen LogP contribution in [0.25, 0.3) is 5.65 Å². The van der Waals surface area contributed by atoms with E-state index < -0.39 is 0 Å². The number of ether oxygens (including phenoxy) is 1. The van der Waals surface area contributed by atoms with Crippen LogP contribution in [0.5, 0.6) is 0 Å². The zero-order valence-corrected chi connectivity index (χ0v) is 19.4. The molecule has 1 aliphatic heterocycles. The summed E-state index contributed by atoms with van der Waals surface area (Å²) in [4.78, 5) is 44.3. The number of pyridine rings is 1. The number of hydrogen-bond acceptors (Lipinski definition) is 5. The van der Waals surface area contributed by atoms with Gasteiger partial charge in [0.1, 0.15) is 17.0 Å². The number of rotatable bonds is 6. The summed E-state index contributed by atoms with van der Waals surface area (Å²) < 4.78 is 20.0. The number of hydrogen-bond donors (Lipinski definition) is 0. The van der Waals surface area contributed by atoms with Crippen LogP contribution in [0.15, 0.2) is 53.6 Å². The molecule has 7 nitrogen and oxygen atoms in total. The Morgan fingerprint density at radius 2 is 1.85 bits per heavy atom. The standard InChI is InChI=1S/C26H28FN3O4/c1-3-34-24(31)14-21(18-5-7-20(27)8-6-18)19-10-12-29(13-11-19)25(32)22-15-28-23-9-4-17(2)16-30(23)26(22)33/h4-9,15-16,19,21H,3,10-14H2,1-2H3/t21-/m1/s1. The lowest BCUT2D eigenvalue weighted by atomic mass is 9.78. The zero-order valence-electron chi connectivity index (χ0n) is 19.4. The van der Waals surface area contributed by atoms with Crippen molar-refractivity contribution in [2.24, 2.45) is 5.92 Å². The van der Waals surface area contributed by atoms with Gasteiger partial charge in [0.2, 0.25) is 0 Å². The summed E-state index contributed by atoms with van der Waals surface area (Å²) >= 11 is 0. The van der Waals surface area contributed by atoms with Crippen LogP contribution in [0.3, 0.4) is 0 Å². The van der Waals surface area contributed by atoms with E-state index in [9.17, 15) is 18.8 Å². The first-order valence-electron chi connectivity index (χ1n) is 11.6. The van der Waals surface area contributed by atoms with Gasteiger partial charge in [-0.05, 0) is 67.9 Å². The Balaban J connectivity index is 1.50. The molecule has 1 aromatic carbocycles. The number of halogens is 1. The molecule has 0 radical (unpaired) electrons. The van der Waals surface area contributed by atoms with E-state index in [0.717, 1.165) is 11.1 Å². The summed E-state index contributed by atoms with van der Waals surface area (Å²) in [5.41, 5.74) is 1.93. The van der Waals surface area contributed by atoms with E-state index in [1.807, 2.05) is 13.0 Å². The van der Waals surface area contributed by atoms with E-state index in [0.29, 0.717) is 38.2 Å². The van der Waals surface area contributed by atoms with Gasteiger partial charge in [0.05, 0.1) is 13.0 Å². The molecule has 3 aromatic rings. The number of carbonyl (C=O) groups excluding carboxylic acids is 2. The highest BCUT2D eigenvalue weighted by Crippen LogP contribution is 2.36. The minimum atomic E-state index is -0.382. The lowest BCUT2D eigenvalue weighted by Gasteiger charge is -2.36. The van der Waals surface area contributed by atoms with Crippen LogP contribution >= 0.6 is 0 Å². The Morgan fingerprint density at radius 1 is 1.15 bits per heavy atom. The third kappa shape index (κ3) is 5.00. The second-order valence-corrected chi connectivity index (χ2v) is 8.71. The quantitative estimate of drug-likeness (QED) is 0.518. The van der Waals surface area contributed by atoms with Crippen molar-refractivity contribution in [3.63, 3.8) is 0 Å². The summed E-state index contributed by atoms with van der Waals surface area (Å²) in [7, 11) is 0. The topological polar surface area (TPSA) is 81.0 Å². The fourth-order valence-electron chi connectivity index (χ4n) is 4.67. The smallest absolute Gasteiger partial charge is 0.306 e. The maximum atomic E-state index is 13.5. The largest absolute Gasteiger partial charge is 0.466 e. The molecular formula is C26H28FN3O4. The molecule has 1 saturated heterocycles. The van der Waals surface area contributed by atoms with Gasteiger partial charge in [-0.1, -0.05) is 18.2 Å². The van der Waals surface area contributed by atoms with Crippen molar-refractivity contribution >= 4 is 17.5 Å². The predicted molar refractivity (Wildman–Crippen MR) is 125 cm³/mol. The van der Waals surface area contributed by atoms with Crippen LogP contribution < -0.4 is 5.56 Å². The van der Waals surface area contributed by atoms with E-state index in [4.69, 9.17) is 4.74 Å². The molecule has 34 heavy (non-hydrogen) atoms. The molecule has 0 unspecified atom stereocenters. The van der Waals surface area contributed by atoms with E-state index in [2.05, 4.69) is 4.98 Å². The van der Waals surface area contributed by atoms with Crippen molar-refractivity contribution < 1.29 is 18.7 Å². The first-order valence-corrected chi connectivity index (χ1v) is 11.6. The fourth-order valence-corrected chi connectivity index (χ4v) is 4.67. The number of nitrogens with zero attached hydrogens (tertiary/aromatic N) is 3. The number of likely N-dealkylation sites (tertiary alicyclic amines) is 1. The SMILES string of the molecule is CCOC(=O)C[C@H](c1ccc(F)cc1)C1CCN(C(=O)c2cnc3ccc(C)cn3c2=O)CC1. The monoisotopic (exact) mass is 465 g/mol. The number of amides is 1. The Morgan fingerprint density at radius 3 is 2.53 bits per heavy atom. The van der Waals surface area contributed by atoms with Gasteiger partial charge in [0.25, 0.3) is 11.5 Å². The Kier molecular flexibility index (Phi) is 7.05. The van der Waals surface area contributed by atoms with Crippen LogP contribution in [-0.4, -0.2) is 45.9 Å². The first-order chi connectivity index (χ1) is 16.4. The summed E-state index contributed by atoms with van der Waals surface area (Å²) in [5, 5.41) is 0. The zero-order chi connectivity index (χ0) is 24.2. The van der Waals surface area contributed by atoms with E-state index in [1.165, 1.54) is 22.7 Å². The average molecular weight is 466 g/mol. The molecule has 8 heteroatoms. The van der Waals surface area contributed by atoms with Crippen LogP contribution in [-0.2, 0) is 9.53 Å². The lowest BCUT2D eigenvalue weighted by molar-refractivity contribution is -0.144. The van der Waals surface area contributed by atoms with Crippen LogP contribution in [0.1, 0.15) is 53.6 Å². The van der Waals surface area contributed by atoms with Crippen LogP contribution in [0.4, 0.5) is 4.39 Å². The molecule has 178 valence electrons. The minimum Gasteiger partial charge on any atom is -0.466 e. The van der Waals surface area contributed by atoms with Crippen molar-refractivity contribution in [2.75, 3.05) is 19.7 Å². The molecule has 1 aliphatic rings. The number of esters is 1.